The molecule has 0 spiro atoms. The molecule has 1 heterocycles. The van der Waals surface area contributed by atoms with Gasteiger partial charge >= 0.3 is 12.1 Å². The SMILES string of the molecule is CCOC(=O)C1CCN(C(=O)/C(C#N)=C\Nc2ccc(Cl)cc2C(F)(F)F)CC1. The summed E-state index contributed by atoms with van der Waals surface area (Å²) < 4.78 is 44.4. The van der Waals surface area contributed by atoms with E-state index in [2.05, 4.69) is 5.32 Å². The van der Waals surface area contributed by atoms with Crippen molar-refractivity contribution in [3.63, 3.8) is 0 Å². The smallest absolute Gasteiger partial charge is 0.418 e. The second-order valence-corrected chi connectivity index (χ2v) is 6.76. The summed E-state index contributed by atoms with van der Waals surface area (Å²) in [5.74, 6) is -1.25. The highest BCUT2D eigenvalue weighted by molar-refractivity contribution is 6.30. The van der Waals surface area contributed by atoms with Gasteiger partial charge in [-0.3, -0.25) is 9.59 Å². The van der Waals surface area contributed by atoms with Gasteiger partial charge in [0.05, 0.1) is 23.8 Å². The van der Waals surface area contributed by atoms with Crippen LogP contribution in [-0.2, 0) is 20.5 Å². The van der Waals surface area contributed by atoms with Crippen LogP contribution >= 0.6 is 11.6 Å². The van der Waals surface area contributed by atoms with Crippen molar-refractivity contribution in [1.29, 1.82) is 5.26 Å². The van der Waals surface area contributed by atoms with Crippen molar-refractivity contribution in [1.82, 2.24) is 4.90 Å². The van der Waals surface area contributed by atoms with Crippen LogP contribution in [0.15, 0.2) is 30.0 Å². The number of amides is 1. The Bertz CT molecular complexity index is 841. The number of likely N-dealkylation sites (tertiary alicyclic amines) is 1. The Hall–Kier alpha value is -2.73. The molecule has 10 heteroatoms. The van der Waals surface area contributed by atoms with Crippen LogP contribution in [0, 0.1) is 17.2 Å². The van der Waals surface area contributed by atoms with Crippen molar-refractivity contribution >= 4 is 29.2 Å². The molecule has 0 aliphatic carbocycles. The number of hydrogen-bond donors (Lipinski definition) is 1. The molecule has 1 fully saturated rings. The third-order valence-corrected chi connectivity index (χ3v) is 4.65. The minimum absolute atomic E-state index is 0.0899. The Morgan fingerprint density at radius 2 is 2.03 bits per heavy atom. The fraction of sp³-hybridized carbons (Fsp3) is 0.421. The largest absolute Gasteiger partial charge is 0.466 e. The average Bonchev–Trinajstić information content (AvgIpc) is 2.68. The molecule has 1 aromatic carbocycles. The van der Waals surface area contributed by atoms with Crippen molar-refractivity contribution < 1.29 is 27.5 Å². The molecular formula is C19H19ClF3N3O3. The first kappa shape index (κ1) is 22.6. The van der Waals surface area contributed by atoms with Crippen LogP contribution in [0.4, 0.5) is 18.9 Å². The normalized spacial score (nSPS) is 15.6. The molecular weight excluding hydrogens is 411 g/mol. The standard InChI is InChI=1S/C19H19ClF3N3O3/c1-2-29-18(28)12-5-7-26(8-6-12)17(27)13(10-24)11-25-16-4-3-14(20)9-15(16)19(21,22)23/h3-4,9,11-12,25H,2,5-8H2,1H3/b13-11-. The second kappa shape index (κ2) is 9.65. The summed E-state index contributed by atoms with van der Waals surface area (Å²) in [6.07, 6.45) is -2.93. The van der Waals surface area contributed by atoms with Crippen molar-refractivity contribution in [3.05, 3.63) is 40.6 Å². The number of anilines is 1. The van der Waals surface area contributed by atoms with Crippen LogP contribution in [-0.4, -0.2) is 36.5 Å². The topological polar surface area (TPSA) is 82.4 Å². The maximum Gasteiger partial charge on any atom is 0.418 e. The van der Waals surface area contributed by atoms with Crippen LogP contribution in [0.1, 0.15) is 25.3 Å². The molecule has 1 aromatic rings. The number of carbonyl (C=O) groups excluding carboxylic acids is 2. The molecule has 0 radical (unpaired) electrons. The van der Waals surface area contributed by atoms with Gasteiger partial charge in [0, 0.05) is 24.3 Å². The third-order valence-electron chi connectivity index (χ3n) is 4.41. The summed E-state index contributed by atoms with van der Waals surface area (Å²) in [6, 6.07) is 4.84. The van der Waals surface area contributed by atoms with E-state index in [1.165, 1.54) is 11.0 Å². The van der Waals surface area contributed by atoms with Crippen LogP contribution in [0.25, 0.3) is 0 Å². The zero-order valence-corrected chi connectivity index (χ0v) is 16.3. The van der Waals surface area contributed by atoms with Crippen molar-refractivity contribution in [2.75, 3.05) is 25.0 Å². The highest BCUT2D eigenvalue weighted by Gasteiger charge is 2.34. The van der Waals surface area contributed by atoms with Gasteiger partial charge in [-0.15, -0.1) is 0 Å². The predicted molar refractivity (Wildman–Crippen MR) is 99.7 cm³/mol. The Kier molecular flexibility index (Phi) is 7.51. The molecule has 29 heavy (non-hydrogen) atoms. The van der Waals surface area contributed by atoms with Crippen LogP contribution in [0.5, 0.6) is 0 Å². The van der Waals surface area contributed by atoms with Gasteiger partial charge in [0.25, 0.3) is 5.91 Å². The molecule has 0 unspecified atom stereocenters. The molecule has 1 aliphatic heterocycles. The van der Waals surface area contributed by atoms with Crippen molar-refractivity contribution in [3.8, 4) is 6.07 Å². The molecule has 156 valence electrons. The summed E-state index contributed by atoms with van der Waals surface area (Å²) in [5, 5.41) is 11.6. The molecule has 6 nitrogen and oxygen atoms in total. The third kappa shape index (κ3) is 5.87. The number of piperidine rings is 1. The maximum absolute atomic E-state index is 13.1. The first-order valence-electron chi connectivity index (χ1n) is 8.86. The zero-order chi connectivity index (χ0) is 21.6. The van der Waals surface area contributed by atoms with E-state index < -0.39 is 17.6 Å². The number of benzene rings is 1. The van der Waals surface area contributed by atoms with Gasteiger partial charge in [-0.05, 0) is 38.0 Å². The summed E-state index contributed by atoms with van der Waals surface area (Å²) in [7, 11) is 0. The molecule has 0 aromatic heterocycles. The first-order valence-corrected chi connectivity index (χ1v) is 9.24. The highest BCUT2D eigenvalue weighted by Crippen LogP contribution is 2.36. The fourth-order valence-electron chi connectivity index (χ4n) is 2.92. The summed E-state index contributed by atoms with van der Waals surface area (Å²) in [5.41, 5.74) is -1.69. The van der Waals surface area contributed by atoms with E-state index >= 15 is 0 Å². The number of alkyl halides is 3. The van der Waals surface area contributed by atoms with E-state index in [0.717, 1.165) is 18.3 Å². The Labute approximate surface area is 170 Å². The maximum atomic E-state index is 13.1. The predicted octanol–water partition coefficient (Wildman–Crippen LogP) is 3.98. The lowest BCUT2D eigenvalue weighted by Crippen LogP contribution is -2.41. The lowest BCUT2D eigenvalue weighted by molar-refractivity contribution is -0.150. The van der Waals surface area contributed by atoms with Crippen LogP contribution < -0.4 is 5.32 Å². The van der Waals surface area contributed by atoms with Gasteiger partial charge in [0.15, 0.2) is 0 Å². The first-order chi connectivity index (χ1) is 13.7. The van der Waals surface area contributed by atoms with Gasteiger partial charge in [-0.1, -0.05) is 11.6 Å². The Balaban J connectivity index is 2.09. The Morgan fingerprint density at radius 3 is 2.59 bits per heavy atom. The second-order valence-electron chi connectivity index (χ2n) is 6.32. The minimum atomic E-state index is -4.66. The van der Waals surface area contributed by atoms with E-state index in [1.54, 1.807) is 13.0 Å². The Morgan fingerprint density at radius 1 is 1.38 bits per heavy atom. The van der Waals surface area contributed by atoms with Gasteiger partial charge < -0.3 is 15.0 Å². The van der Waals surface area contributed by atoms with E-state index in [4.69, 9.17) is 16.3 Å². The minimum Gasteiger partial charge on any atom is -0.466 e. The summed E-state index contributed by atoms with van der Waals surface area (Å²) in [6.45, 7) is 2.47. The number of carbonyl (C=O) groups is 2. The number of rotatable bonds is 5. The van der Waals surface area contributed by atoms with Crippen molar-refractivity contribution in [2.24, 2.45) is 5.92 Å². The number of hydrogen-bond acceptors (Lipinski definition) is 5. The average molecular weight is 430 g/mol. The van der Waals surface area contributed by atoms with Gasteiger partial charge in [0.1, 0.15) is 11.6 Å². The molecule has 1 aliphatic rings. The van der Waals surface area contributed by atoms with E-state index in [1.807, 2.05) is 0 Å². The number of ether oxygens (including phenoxy) is 1. The molecule has 1 amide bonds. The molecule has 0 bridgehead atoms. The van der Waals surface area contributed by atoms with E-state index in [9.17, 15) is 28.0 Å². The number of esters is 1. The van der Waals surface area contributed by atoms with Crippen LogP contribution in [0.2, 0.25) is 5.02 Å². The van der Waals surface area contributed by atoms with Gasteiger partial charge in [0.2, 0.25) is 0 Å². The monoisotopic (exact) mass is 429 g/mol. The van der Waals surface area contributed by atoms with E-state index in [0.29, 0.717) is 12.8 Å². The molecule has 2 rings (SSSR count). The fourth-order valence-corrected chi connectivity index (χ4v) is 3.09. The summed E-state index contributed by atoms with van der Waals surface area (Å²) in [4.78, 5) is 25.7. The quantitative estimate of drug-likeness (QED) is 0.435. The van der Waals surface area contributed by atoms with Crippen LogP contribution in [0.3, 0.4) is 0 Å². The zero-order valence-electron chi connectivity index (χ0n) is 15.6. The van der Waals surface area contributed by atoms with E-state index in [-0.39, 0.29) is 47.9 Å². The van der Waals surface area contributed by atoms with Gasteiger partial charge in [-0.2, -0.15) is 18.4 Å². The molecule has 0 atom stereocenters. The molecule has 1 saturated heterocycles. The number of nitriles is 1. The highest BCUT2D eigenvalue weighted by atomic mass is 35.5. The lowest BCUT2D eigenvalue weighted by atomic mass is 9.96. The lowest BCUT2D eigenvalue weighted by Gasteiger charge is -2.30. The number of nitrogens with one attached hydrogen (secondary N) is 1. The number of halogens is 4. The molecule has 1 N–H and O–H groups in total. The van der Waals surface area contributed by atoms with Gasteiger partial charge in [-0.25, -0.2) is 0 Å². The number of nitrogens with zero attached hydrogens (tertiary/aromatic N) is 2. The molecule has 0 saturated carbocycles. The summed E-state index contributed by atoms with van der Waals surface area (Å²) >= 11 is 5.63. The van der Waals surface area contributed by atoms with Crippen molar-refractivity contribution in [2.45, 2.75) is 25.9 Å².